The molecule has 0 unspecified atom stereocenters. The third-order valence-electron chi connectivity index (χ3n) is 3.40. The highest BCUT2D eigenvalue weighted by Gasteiger charge is 2.11. The van der Waals surface area contributed by atoms with E-state index in [-0.39, 0.29) is 18.0 Å². The summed E-state index contributed by atoms with van der Waals surface area (Å²) in [6, 6.07) is 13.2. The average molecular weight is 330 g/mol. The normalized spacial score (nSPS) is 10.1. The van der Waals surface area contributed by atoms with Crippen molar-refractivity contribution in [2.75, 3.05) is 20.2 Å². The van der Waals surface area contributed by atoms with Crippen molar-refractivity contribution < 1.29 is 18.7 Å². The van der Waals surface area contributed by atoms with Crippen molar-refractivity contribution >= 4 is 11.8 Å². The highest BCUT2D eigenvalue weighted by molar-refractivity contribution is 5.96. The van der Waals surface area contributed by atoms with Gasteiger partial charge in [0.2, 0.25) is 5.91 Å². The summed E-state index contributed by atoms with van der Waals surface area (Å²) in [7, 11) is 1.60. The van der Waals surface area contributed by atoms with Gasteiger partial charge in [0.05, 0.1) is 19.2 Å². The van der Waals surface area contributed by atoms with E-state index in [1.165, 1.54) is 18.2 Å². The van der Waals surface area contributed by atoms with Crippen LogP contribution in [-0.2, 0) is 11.2 Å². The topological polar surface area (TPSA) is 67.4 Å². The molecule has 0 bridgehead atoms. The maximum atomic E-state index is 13.4. The molecule has 0 atom stereocenters. The molecule has 0 radical (unpaired) electrons. The molecule has 0 aliphatic carbocycles. The van der Waals surface area contributed by atoms with Crippen molar-refractivity contribution in [3.8, 4) is 5.75 Å². The SMILES string of the molecule is COc1cccc(CCNC(=O)CNC(=O)c2ccccc2F)c1. The summed E-state index contributed by atoms with van der Waals surface area (Å²) in [5, 5.41) is 5.10. The Morgan fingerprint density at radius 2 is 1.88 bits per heavy atom. The molecule has 0 heterocycles. The Morgan fingerprint density at radius 3 is 2.62 bits per heavy atom. The number of halogens is 1. The number of hydrogen-bond acceptors (Lipinski definition) is 3. The van der Waals surface area contributed by atoms with Crippen molar-refractivity contribution in [2.45, 2.75) is 6.42 Å². The molecule has 2 aromatic carbocycles. The molecule has 0 saturated carbocycles. The number of hydrogen-bond donors (Lipinski definition) is 2. The molecule has 2 N–H and O–H groups in total. The molecule has 0 spiro atoms. The van der Waals surface area contributed by atoms with Gasteiger partial charge in [-0.05, 0) is 36.2 Å². The second-order valence-electron chi connectivity index (χ2n) is 5.11. The third-order valence-corrected chi connectivity index (χ3v) is 3.40. The zero-order chi connectivity index (χ0) is 17.4. The minimum Gasteiger partial charge on any atom is -0.497 e. The number of nitrogens with one attached hydrogen (secondary N) is 2. The van der Waals surface area contributed by atoms with Gasteiger partial charge >= 0.3 is 0 Å². The fourth-order valence-corrected chi connectivity index (χ4v) is 2.14. The van der Waals surface area contributed by atoms with Crippen LogP contribution in [0.25, 0.3) is 0 Å². The lowest BCUT2D eigenvalue weighted by Gasteiger charge is -2.08. The first-order valence-corrected chi connectivity index (χ1v) is 7.52. The quantitative estimate of drug-likeness (QED) is 0.815. The van der Waals surface area contributed by atoms with Gasteiger partial charge in [-0.3, -0.25) is 9.59 Å². The van der Waals surface area contributed by atoms with E-state index in [1.54, 1.807) is 13.2 Å². The van der Waals surface area contributed by atoms with E-state index >= 15 is 0 Å². The predicted molar refractivity (Wildman–Crippen MR) is 88.4 cm³/mol. The Hall–Kier alpha value is -2.89. The second kappa shape index (κ2) is 8.67. The molecule has 0 saturated heterocycles. The van der Waals surface area contributed by atoms with Crippen LogP contribution in [0, 0.1) is 5.82 Å². The first kappa shape index (κ1) is 17.5. The molecular formula is C18H19FN2O3. The average Bonchev–Trinajstić information content (AvgIpc) is 2.60. The van der Waals surface area contributed by atoms with Gasteiger partial charge in [-0.15, -0.1) is 0 Å². The van der Waals surface area contributed by atoms with Crippen LogP contribution in [-0.4, -0.2) is 32.0 Å². The Labute approximate surface area is 139 Å². The molecule has 0 aromatic heterocycles. The number of methoxy groups -OCH3 is 1. The highest BCUT2D eigenvalue weighted by Crippen LogP contribution is 2.12. The molecule has 126 valence electrons. The van der Waals surface area contributed by atoms with Crippen LogP contribution in [0.4, 0.5) is 4.39 Å². The Bertz CT molecular complexity index is 719. The summed E-state index contributed by atoms with van der Waals surface area (Å²) < 4.78 is 18.6. The third kappa shape index (κ3) is 5.08. The predicted octanol–water partition coefficient (Wildman–Crippen LogP) is 1.92. The summed E-state index contributed by atoms with van der Waals surface area (Å²) in [6.45, 7) is 0.229. The van der Waals surface area contributed by atoms with Crippen LogP contribution in [0.1, 0.15) is 15.9 Å². The van der Waals surface area contributed by atoms with Gasteiger partial charge in [0.1, 0.15) is 11.6 Å². The Kier molecular flexibility index (Phi) is 6.31. The minimum atomic E-state index is -0.617. The lowest BCUT2D eigenvalue weighted by molar-refractivity contribution is -0.120. The summed E-state index contributed by atoms with van der Waals surface area (Å²) in [5.41, 5.74) is 0.951. The largest absolute Gasteiger partial charge is 0.497 e. The number of benzene rings is 2. The summed E-state index contributed by atoms with van der Waals surface area (Å²) in [4.78, 5) is 23.5. The van der Waals surface area contributed by atoms with Crippen molar-refractivity contribution in [2.24, 2.45) is 0 Å². The van der Waals surface area contributed by atoms with Gasteiger partial charge in [0, 0.05) is 6.54 Å². The highest BCUT2D eigenvalue weighted by atomic mass is 19.1. The Morgan fingerprint density at radius 1 is 1.08 bits per heavy atom. The van der Waals surface area contributed by atoms with Gasteiger partial charge in [0.25, 0.3) is 5.91 Å². The van der Waals surface area contributed by atoms with E-state index in [9.17, 15) is 14.0 Å². The van der Waals surface area contributed by atoms with Crippen LogP contribution in [0.3, 0.4) is 0 Å². The van der Waals surface area contributed by atoms with Crippen LogP contribution in [0.2, 0.25) is 0 Å². The lowest BCUT2D eigenvalue weighted by Crippen LogP contribution is -2.37. The molecule has 6 heteroatoms. The number of ether oxygens (including phenoxy) is 1. The fourth-order valence-electron chi connectivity index (χ4n) is 2.14. The monoisotopic (exact) mass is 330 g/mol. The minimum absolute atomic E-state index is 0.0818. The van der Waals surface area contributed by atoms with E-state index in [0.29, 0.717) is 13.0 Å². The molecule has 2 aromatic rings. The number of rotatable bonds is 7. The van der Waals surface area contributed by atoms with Crippen molar-refractivity contribution in [1.29, 1.82) is 0 Å². The zero-order valence-corrected chi connectivity index (χ0v) is 13.3. The smallest absolute Gasteiger partial charge is 0.254 e. The number of carbonyl (C=O) groups excluding carboxylic acids is 2. The molecule has 0 fully saturated rings. The van der Waals surface area contributed by atoms with Crippen LogP contribution >= 0.6 is 0 Å². The van der Waals surface area contributed by atoms with Crippen LogP contribution in [0.5, 0.6) is 5.75 Å². The van der Waals surface area contributed by atoms with Crippen molar-refractivity contribution in [3.05, 3.63) is 65.5 Å². The summed E-state index contributed by atoms with van der Waals surface area (Å²) in [6.07, 6.45) is 0.643. The Balaban J connectivity index is 1.73. The van der Waals surface area contributed by atoms with E-state index in [1.807, 2.05) is 24.3 Å². The maximum Gasteiger partial charge on any atom is 0.254 e. The molecule has 0 aliphatic rings. The molecule has 0 aliphatic heterocycles. The molecule has 2 amide bonds. The van der Waals surface area contributed by atoms with Crippen molar-refractivity contribution in [1.82, 2.24) is 10.6 Å². The number of carbonyl (C=O) groups is 2. The van der Waals surface area contributed by atoms with Gasteiger partial charge < -0.3 is 15.4 Å². The standard InChI is InChI=1S/C18H19FN2O3/c1-24-14-6-4-5-13(11-14)9-10-20-17(22)12-21-18(23)15-7-2-3-8-16(15)19/h2-8,11H,9-10,12H2,1H3,(H,20,22)(H,21,23). The van der Waals surface area contributed by atoms with E-state index < -0.39 is 11.7 Å². The van der Waals surface area contributed by atoms with E-state index in [0.717, 1.165) is 11.3 Å². The van der Waals surface area contributed by atoms with Gasteiger partial charge in [-0.25, -0.2) is 4.39 Å². The lowest BCUT2D eigenvalue weighted by atomic mass is 10.1. The molecule has 5 nitrogen and oxygen atoms in total. The zero-order valence-electron chi connectivity index (χ0n) is 13.3. The van der Waals surface area contributed by atoms with Crippen LogP contribution < -0.4 is 15.4 Å². The molecule has 2 rings (SSSR count). The van der Waals surface area contributed by atoms with E-state index in [4.69, 9.17) is 4.74 Å². The number of amides is 2. The maximum absolute atomic E-state index is 13.4. The van der Waals surface area contributed by atoms with Crippen LogP contribution in [0.15, 0.2) is 48.5 Å². The van der Waals surface area contributed by atoms with E-state index in [2.05, 4.69) is 10.6 Å². The summed E-state index contributed by atoms with van der Waals surface area (Å²) in [5.74, 6) is -0.803. The van der Waals surface area contributed by atoms with Gasteiger partial charge in [-0.1, -0.05) is 24.3 Å². The summed E-state index contributed by atoms with van der Waals surface area (Å²) >= 11 is 0. The fraction of sp³-hybridized carbons (Fsp3) is 0.222. The molecule has 24 heavy (non-hydrogen) atoms. The first-order valence-electron chi connectivity index (χ1n) is 7.52. The van der Waals surface area contributed by atoms with Gasteiger partial charge in [0.15, 0.2) is 0 Å². The second-order valence-corrected chi connectivity index (χ2v) is 5.11. The first-order chi connectivity index (χ1) is 11.6. The van der Waals surface area contributed by atoms with Gasteiger partial charge in [-0.2, -0.15) is 0 Å². The molecular weight excluding hydrogens is 311 g/mol. The van der Waals surface area contributed by atoms with Crippen molar-refractivity contribution in [3.63, 3.8) is 0 Å².